The fourth-order valence-electron chi connectivity index (χ4n) is 1.55. The Labute approximate surface area is 107 Å². The number of rotatable bonds is 5. The molecule has 1 aromatic carbocycles. The zero-order valence-electron chi connectivity index (χ0n) is 9.82. The number of anilines is 1. The lowest BCUT2D eigenvalue weighted by Gasteiger charge is -2.21. The summed E-state index contributed by atoms with van der Waals surface area (Å²) in [6.07, 6.45) is 1.77. The lowest BCUT2D eigenvalue weighted by atomic mass is 10.2. The highest BCUT2D eigenvalue weighted by molar-refractivity contribution is 6.17. The van der Waals surface area contributed by atoms with Crippen LogP contribution in [0, 0.1) is 11.3 Å². The summed E-state index contributed by atoms with van der Waals surface area (Å²) >= 11 is 5.61. The molecule has 90 valence electrons. The summed E-state index contributed by atoms with van der Waals surface area (Å²) in [5.41, 5.74) is 1.42. The second-order valence-electron chi connectivity index (χ2n) is 3.73. The van der Waals surface area contributed by atoms with Gasteiger partial charge in [-0.15, -0.1) is 11.6 Å². The summed E-state index contributed by atoms with van der Waals surface area (Å²) in [7, 11) is 0. The van der Waals surface area contributed by atoms with Gasteiger partial charge in [0.2, 0.25) is 5.91 Å². The molecule has 0 bridgehead atoms. The molecule has 0 fully saturated rings. The third kappa shape index (κ3) is 4.08. The molecule has 0 aliphatic heterocycles. The van der Waals surface area contributed by atoms with Gasteiger partial charge in [-0.1, -0.05) is 0 Å². The predicted molar refractivity (Wildman–Crippen MR) is 69.1 cm³/mol. The standard InChI is InChI=1S/C13H15ClN2O/c1-11(17)16(9-3-2-8-14)13-6-4-12(10-15)5-7-13/h4-7H,2-3,8-9H2,1H3. The molecule has 4 heteroatoms. The summed E-state index contributed by atoms with van der Waals surface area (Å²) in [5, 5.41) is 8.70. The van der Waals surface area contributed by atoms with Gasteiger partial charge in [0.15, 0.2) is 0 Å². The Kier molecular flexibility index (Phi) is 5.51. The average Bonchev–Trinajstić information content (AvgIpc) is 2.34. The van der Waals surface area contributed by atoms with Gasteiger partial charge >= 0.3 is 0 Å². The number of amides is 1. The summed E-state index contributed by atoms with van der Waals surface area (Å²) in [5.74, 6) is 0.614. The topological polar surface area (TPSA) is 44.1 Å². The van der Waals surface area contributed by atoms with Crippen LogP contribution in [0.3, 0.4) is 0 Å². The minimum Gasteiger partial charge on any atom is -0.313 e. The lowest BCUT2D eigenvalue weighted by Crippen LogP contribution is -2.29. The van der Waals surface area contributed by atoms with Crippen LogP contribution in [0.5, 0.6) is 0 Å². The number of hydrogen-bond donors (Lipinski definition) is 0. The molecule has 1 rings (SSSR count). The Morgan fingerprint density at radius 3 is 2.47 bits per heavy atom. The molecule has 1 aromatic rings. The molecule has 0 saturated heterocycles. The number of halogens is 1. The molecular weight excluding hydrogens is 236 g/mol. The smallest absolute Gasteiger partial charge is 0.223 e. The van der Waals surface area contributed by atoms with E-state index in [1.807, 2.05) is 0 Å². The number of nitrogens with zero attached hydrogens (tertiary/aromatic N) is 2. The van der Waals surface area contributed by atoms with E-state index in [1.54, 1.807) is 36.1 Å². The van der Waals surface area contributed by atoms with Gasteiger partial charge in [0.1, 0.15) is 0 Å². The van der Waals surface area contributed by atoms with Crippen molar-refractivity contribution in [2.24, 2.45) is 0 Å². The first-order valence-electron chi connectivity index (χ1n) is 5.53. The summed E-state index contributed by atoms with van der Waals surface area (Å²) in [6.45, 7) is 2.20. The Morgan fingerprint density at radius 1 is 1.35 bits per heavy atom. The number of nitriles is 1. The van der Waals surface area contributed by atoms with Crippen LogP contribution in [-0.4, -0.2) is 18.3 Å². The quantitative estimate of drug-likeness (QED) is 0.596. The van der Waals surface area contributed by atoms with E-state index in [9.17, 15) is 4.79 Å². The van der Waals surface area contributed by atoms with Crippen molar-refractivity contribution in [1.82, 2.24) is 0 Å². The van der Waals surface area contributed by atoms with Crippen LogP contribution in [0.15, 0.2) is 24.3 Å². The minimum absolute atomic E-state index is 0.00396. The maximum absolute atomic E-state index is 11.5. The third-order valence-corrected chi connectivity index (χ3v) is 2.72. The molecule has 17 heavy (non-hydrogen) atoms. The monoisotopic (exact) mass is 250 g/mol. The minimum atomic E-state index is 0.00396. The molecule has 0 N–H and O–H groups in total. The lowest BCUT2D eigenvalue weighted by molar-refractivity contribution is -0.116. The van der Waals surface area contributed by atoms with Crippen molar-refractivity contribution in [2.75, 3.05) is 17.3 Å². The highest BCUT2D eigenvalue weighted by Gasteiger charge is 2.10. The number of hydrogen-bond acceptors (Lipinski definition) is 2. The number of benzene rings is 1. The van der Waals surface area contributed by atoms with E-state index in [-0.39, 0.29) is 5.91 Å². The van der Waals surface area contributed by atoms with E-state index in [1.165, 1.54) is 0 Å². The predicted octanol–water partition coefficient (Wildman–Crippen LogP) is 2.93. The van der Waals surface area contributed by atoms with E-state index < -0.39 is 0 Å². The van der Waals surface area contributed by atoms with Crippen molar-refractivity contribution >= 4 is 23.2 Å². The first-order chi connectivity index (χ1) is 8.19. The van der Waals surface area contributed by atoms with Crippen LogP contribution < -0.4 is 4.90 Å². The van der Waals surface area contributed by atoms with E-state index >= 15 is 0 Å². The fraction of sp³-hybridized carbons (Fsp3) is 0.385. The van der Waals surface area contributed by atoms with Crippen LogP contribution in [0.1, 0.15) is 25.3 Å². The Hall–Kier alpha value is -1.53. The zero-order chi connectivity index (χ0) is 12.7. The molecular formula is C13H15ClN2O. The fourth-order valence-corrected chi connectivity index (χ4v) is 1.74. The van der Waals surface area contributed by atoms with E-state index in [4.69, 9.17) is 16.9 Å². The van der Waals surface area contributed by atoms with E-state index in [0.29, 0.717) is 18.0 Å². The highest BCUT2D eigenvalue weighted by atomic mass is 35.5. The summed E-state index contributed by atoms with van der Waals surface area (Å²) in [4.78, 5) is 13.2. The van der Waals surface area contributed by atoms with Gasteiger partial charge in [0.05, 0.1) is 11.6 Å². The second kappa shape index (κ2) is 6.93. The SMILES string of the molecule is CC(=O)N(CCCCCl)c1ccc(C#N)cc1. The normalized spacial score (nSPS) is 9.71. The summed E-state index contributed by atoms with van der Waals surface area (Å²) < 4.78 is 0. The van der Waals surface area contributed by atoms with Crippen LogP contribution in [-0.2, 0) is 4.79 Å². The third-order valence-electron chi connectivity index (χ3n) is 2.45. The average molecular weight is 251 g/mol. The molecule has 0 aromatic heterocycles. The van der Waals surface area contributed by atoms with Gasteiger partial charge in [0.25, 0.3) is 0 Å². The van der Waals surface area contributed by atoms with Gasteiger partial charge in [-0.05, 0) is 37.1 Å². The van der Waals surface area contributed by atoms with Crippen molar-refractivity contribution in [2.45, 2.75) is 19.8 Å². The van der Waals surface area contributed by atoms with Crippen LogP contribution in [0.4, 0.5) is 5.69 Å². The number of alkyl halides is 1. The maximum Gasteiger partial charge on any atom is 0.223 e. The maximum atomic E-state index is 11.5. The molecule has 0 atom stereocenters. The van der Waals surface area contributed by atoms with Crippen molar-refractivity contribution < 1.29 is 4.79 Å². The highest BCUT2D eigenvalue weighted by Crippen LogP contribution is 2.16. The molecule has 0 radical (unpaired) electrons. The van der Waals surface area contributed by atoms with Gasteiger partial charge in [-0.25, -0.2) is 0 Å². The number of unbranched alkanes of at least 4 members (excludes halogenated alkanes) is 1. The summed E-state index contributed by atoms with van der Waals surface area (Å²) in [6, 6.07) is 9.07. The number of carbonyl (C=O) groups is 1. The Bertz CT molecular complexity index is 408. The molecule has 0 unspecified atom stereocenters. The molecule has 1 amide bonds. The molecule has 0 aliphatic rings. The van der Waals surface area contributed by atoms with Gasteiger partial charge in [-0.3, -0.25) is 4.79 Å². The zero-order valence-corrected chi connectivity index (χ0v) is 10.6. The van der Waals surface area contributed by atoms with Gasteiger partial charge < -0.3 is 4.90 Å². The Morgan fingerprint density at radius 2 is 2.00 bits per heavy atom. The number of carbonyl (C=O) groups excluding carboxylic acids is 1. The van der Waals surface area contributed by atoms with E-state index in [2.05, 4.69) is 6.07 Å². The molecule has 0 heterocycles. The first kappa shape index (κ1) is 13.5. The van der Waals surface area contributed by atoms with Gasteiger partial charge in [-0.2, -0.15) is 5.26 Å². The van der Waals surface area contributed by atoms with Crippen molar-refractivity contribution in [3.63, 3.8) is 0 Å². The van der Waals surface area contributed by atoms with E-state index in [0.717, 1.165) is 18.5 Å². The first-order valence-corrected chi connectivity index (χ1v) is 6.06. The van der Waals surface area contributed by atoms with Crippen molar-refractivity contribution in [3.8, 4) is 6.07 Å². The second-order valence-corrected chi connectivity index (χ2v) is 4.10. The van der Waals surface area contributed by atoms with Crippen LogP contribution in [0.25, 0.3) is 0 Å². The largest absolute Gasteiger partial charge is 0.313 e. The van der Waals surface area contributed by atoms with Crippen LogP contribution >= 0.6 is 11.6 Å². The van der Waals surface area contributed by atoms with Crippen molar-refractivity contribution in [3.05, 3.63) is 29.8 Å². The van der Waals surface area contributed by atoms with Crippen molar-refractivity contribution in [1.29, 1.82) is 5.26 Å². The molecule has 0 aliphatic carbocycles. The Balaban J connectivity index is 2.75. The van der Waals surface area contributed by atoms with Crippen LogP contribution in [0.2, 0.25) is 0 Å². The molecule has 3 nitrogen and oxygen atoms in total. The molecule has 0 saturated carbocycles. The van der Waals surface area contributed by atoms with Gasteiger partial charge in [0, 0.05) is 25.0 Å². The molecule has 0 spiro atoms.